The van der Waals surface area contributed by atoms with Crippen LogP contribution in [0.15, 0.2) is 4.99 Å². The molecule has 0 aromatic heterocycles. The molecule has 1 saturated heterocycles. The SMILES string of the molecule is CCCCN(C)CCNC(=NC)NC1CCN(CCCOC)CC1. The number of unbranched alkanes of at least 4 members (excludes halogenated alkanes) is 1. The molecule has 0 unspecified atom stereocenters. The summed E-state index contributed by atoms with van der Waals surface area (Å²) in [6, 6.07) is 0.535. The lowest BCUT2D eigenvalue weighted by Crippen LogP contribution is -2.49. The van der Waals surface area contributed by atoms with Crippen LogP contribution in [0.1, 0.15) is 39.0 Å². The maximum absolute atomic E-state index is 5.13. The van der Waals surface area contributed by atoms with Gasteiger partial charge in [0.05, 0.1) is 0 Å². The summed E-state index contributed by atoms with van der Waals surface area (Å²) in [7, 11) is 5.82. The van der Waals surface area contributed by atoms with Gasteiger partial charge in [-0.3, -0.25) is 4.99 Å². The van der Waals surface area contributed by atoms with E-state index in [1.54, 1.807) is 7.11 Å². The Balaban J connectivity index is 2.15. The third-order valence-electron chi connectivity index (χ3n) is 4.65. The van der Waals surface area contributed by atoms with Gasteiger partial charge in [-0.15, -0.1) is 0 Å². The first kappa shape index (κ1) is 21.2. The zero-order chi connectivity index (χ0) is 17.6. The quantitative estimate of drug-likeness (QED) is 0.338. The van der Waals surface area contributed by atoms with E-state index in [0.717, 1.165) is 51.7 Å². The molecule has 2 N–H and O–H groups in total. The summed E-state index contributed by atoms with van der Waals surface area (Å²) in [6.45, 7) is 9.75. The molecule has 1 aliphatic rings. The molecule has 0 spiro atoms. The van der Waals surface area contributed by atoms with Gasteiger partial charge in [0.25, 0.3) is 0 Å². The van der Waals surface area contributed by atoms with Crippen molar-refractivity contribution in [3.8, 4) is 0 Å². The van der Waals surface area contributed by atoms with Gasteiger partial charge in [0.1, 0.15) is 0 Å². The number of hydrogen-bond acceptors (Lipinski definition) is 4. The van der Waals surface area contributed by atoms with Crippen LogP contribution in [0.4, 0.5) is 0 Å². The molecule has 0 saturated carbocycles. The van der Waals surface area contributed by atoms with Crippen LogP contribution in [-0.4, -0.2) is 88.9 Å². The molecule has 0 radical (unpaired) electrons. The minimum absolute atomic E-state index is 0.535. The standard InChI is InChI=1S/C18H39N5O/c1-5-6-11-22(3)15-10-20-18(19-2)21-17-8-13-23(14-9-17)12-7-16-24-4/h17H,5-16H2,1-4H3,(H2,19,20,21). The van der Waals surface area contributed by atoms with Gasteiger partial charge in [-0.05, 0) is 39.3 Å². The molecule has 0 atom stereocenters. The van der Waals surface area contributed by atoms with Gasteiger partial charge in [-0.1, -0.05) is 13.3 Å². The maximum atomic E-state index is 5.13. The number of aliphatic imine (C=N–C) groups is 1. The molecular weight excluding hydrogens is 302 g/mol. The second kappa shape index (κ2) is 13.4. The highest BCUT2D eigenvalue weighted by Gasteiger charge is 2.19. The van der Waals surface area contributed by atoms with E-state index in [1.807, 2.05) is 7.05 Å². The number of ether oxygens (including phenoxy) is 1. The molecule has 6 heteroatoms. The van der Waals surface area contributed by atoms with E-state index in [0.29, 0.717) is 6.04 Å². The van der Waals surface area contributed by atoms with E-state index in [9.17, 15) is 0 Å². The van der Waals surface area contributed by atoms with Crippen molar-refractivity contribution in [2.24, 2.45) is 4.99 Å². The van der Waals surface area contributed by atoms with Crippen LogP contribution in [0.2, 0.25) is 0 Å². The van der Waals surface area contributed by atoms with E-state index >= 15 is 0 Å². The molecule has 0 aromatic rings. The second-order valence-corrected chi connectivity index (χ2v) is 6.76. The topological polar surface area (TPSA) is 52.1 Å². The minimum atomic E-state index is 0.535. The first-order chi connectivity index (χ1) is 11.7. The van der Waals surface area contributed by atoms with Crippen LogP contribution in [-0.2, 0) is 4.74 Å². The lowest BCUT2D eigenvalue weighted by molar-refractivity contribution is 0.155. The molecular formula is C18H39N5O. The predicted molar refractivity (Wildman–Crippen MR) is 103 cm³/mol. The van der Waals surface area contributed by atoms with Crippen molar-refractivity contribution >= 4 is 5.96 Å². The van der Waals surface area contributed by atoms with E-state index < -0.39 is 0 Å². The van der Waals surface area contributed by atoms with Crippen LogP contribution >= 0.6 is 0 Å². The predicted octanol–water partition coefficient (Wildman–Crippen LogP) is 1.38. The molecule has 1 heterocycles. The molecule has 24 heavy (non-hydrogen) atoms. The molecule has 0 aromatic carbocycles. The van der Waals surface area contributed by atoms with E-state index in [-0.39, 0.29) is 0 Å². The normalized spacial score (nSPS) is 17.5. The summed E-state index contributed by atoms with van der Waals surface area (Å²) in [6.07, 6.45) is 6.02. The molecule has 1 rings (SSSR count). The zero-order valence-electron chi connectivity index (χ0n) is 16.3. The molecule has 0 aliphatic carbocycles. The second-order valence-electron chi connectivity index (χ2n) is 6.76. The van der Waals surface area contributed by atoms with E-state index in [1.165, 1.54) is 32.2 Å². The van der Waals surface area contributed by atoms with Crippen LogP contribution < -0.4 is 10.6 Å². The largest absolute Gasteiger partial charge is 0.385 e. The van der Waals surface area contributed by atoms with Gasteiger partial charge in [-0.25, -0.2) is 0 Å². The Morgan fingerprint density at radius 1 is 1.25 bits per heavy atom. The molecule has 1 aliphatic heterocycles. The summed E-state index contributed by atoms with van der Waals surface area (Å²) in [5.74, 6) is 0.941. The number of methoxy groups -OCH3 is 1. The third kappa shape index (κ3) is 9.45. The van der Waals surface area contributed by atoms with Gasteiger partial charge in [-0.2, -0.15) is 0 Å². The van der Waals surface area contributed by atoms with Crippen molar-refractivity contribution in [2.45, 2.75) is 45.1 Å². The lowest BCUT2D eigenvalue weighted by atomic mass is 10.1. The van der Waals surface area contributed by atoms with E-state index in [2.05, 4.69) is 39.4 Å². The minimum Gasteiger partial charge on any atom is -0.385 e. The highest BCUT2D eigenvalue weighted by Crippen LogP contribution is 2.10. The Morgan fingerprint density at radius 2 is 2.00 bits per heavy atom. The van der Waals surface area contributed by atoms with Crippen LogP contribution in [0.5, 0.6) is 0 Å². The lowest BCUT2D eigenvalue weighted by Gasteiger charge is -2.33. The number of likely N-dealkylation sites (tertiary alicyclic amines) is 1. The Bertz CT molecular complexity index is 329. The summed E-state index contributed by atoms with van der Waals surface area (Å²) >= 11 is 0. The maximum Gasteiger partial charge on any atom is 0.191 e. The highest BCUT2D eigenvalue weighted by molar-refractivity contribution is 5.79. The van der Waals surface area contributed by atoms with Gasteiger partial charge < -0.3 is 25.2 Å². The smallest absolute Gasteiger partial charge is 0.191 e. The van der Waals surface area contributed by atoms with Crippen molar-refractivity contribution in [3.63, 3.8) is 0 Å². The number of rotatable bonds is 11. The number of hydrogen-bond donors (Lipinski definition) is 2. The summed E-state index contributed by atoms with van der Waals surface area (Å²) in [5, 5.41) is 7.02. The van der Waals surface area contributed by atoms with Crippen molar-refractivity contribution in [2.75, 3.05) is 67.1 Å². The van der Waals surface area contributed by atoms with Gasteiger partial charge in [0.2, 0.25) is 0 Å². The number of guanidine groups is 1. The summed E-state index contributed by atoms with van der Waals surface area (Å²) in [5.41, 5.74) is 0. The molecule has 0 bridgehead atoms. The van der Waals surface area contributed by atoms with Gasteiger partial charge in [0, 0.05) is 59.5 Å². The summed E-state index contributed by atoms with van der Waals surface area (Å²) in [4.78, 5) is 9.28. The third-order valence-corrected chi connectivity index (χ3v) is 4.65. The average molecular weight is 342 g/mol. The Labute approximate surface area is 149 Å². The van der Waals surface area contributed by atoms with Gasteiger partial charge in [0.15, 0.2) is 5.96 Å². The molecule has 142 valence electrons. The fourth-order valence-corrected chi connectivity index (χ4v) is 3.03. The van der Waals surface area contributed by atoms with Crippen molar-refractivity contribution in [3.05, 3.63) is 0 Å². The van der Waals surface area contributed by atoms with Crippen molar-refractivity contribution in [1.29, 1.82) is 0 Å². The Morgan fingerprint density at radius 3 is 2.62 bits per heavy atom. The number of likely N-dealkylation sites (N-methyl/N-ethyl adjacent to an activating group) is 1. The van der Waals surface area contributed by atoms with Gasteiger partial charge >= 0.3 is 0 Å². The monoisotopic (exact) mass is 341 g/mol. The summed E-state index contributed by atoms with van der Waals surface area (Å²) < 4.78 is 5.13. The van der Waals surface area contributed by atoms with E-state index in [4.69, 9.17) is 4.74 Å². The molecule has 1 fully saturated rings. The molecule has 0 amide bonds. The van der Waals surface area contributed by atoms with Crippen LogP contribution in [0.25, 0.3) is 0 Å². The highest BCUT2D eigenvalue weighted by atomic mass is 16.5. The van der Waals surface area contributed by atoms with Crippen LogP contribution in [0, 0.1) is 0 Å². The van der Waals surface area contributed by atoms with Crippen molar-refractivity contribution < 1.29 is 4.74 Å². The first-order valence-electron chi connectivity index (χ1n) is 9.56. The number of nitrogens with zero attached hydrogens (tertiary/aromatic N) is 3. The average Bonchev–Trinajstić information content (AvgIpc) is 2.60. The number of nitrogens with one attached hydrogen (secondary N) is 2. The first-order valence-corrected chi connectivity index (χ1v) is 9.56. The Kier molecular flexibility index (Phi) is 11.9. The fourth-order valence-electron chi connectivity index (χ4n) is 3.03. The zero-order valence-corrected chi connectivity index (χ0v) is 16.3. The Hall–Kier alpha value is -0.850. The van der Waals surface area contributed by atoms with Crippen LogP contribution in [0.3, 0.4) is 0 Å². The van der Waals surface area contributed by atoms with Crippen molar-refractivity contribution in [1.82, 2.24) is 20.4 Å². The fraction of sp³-hybridized carbons (Fsp3) is 0.944. The molecule has 6 nitrogen and oxygen atoms in total. The number of piperidine rings is 1.